The number of anilines is 1. The van der Waals surface area contributed by atoms with E-state index in [-0.39, 0.29) is 5.91 Å². The van der Waals surface area contributed by atoms with Crippen LogP contribution in [0.25, 0.3) is 11.6 Å². The molecule has 0 atom stereocenters. The largest absolute Gasteiger partial charge is 0.868 e. The minimum absolute atomic E-state index is 0.328. The summed E-state index contributed by atoms with van der Waals surface area (Å²) in [4.78, 5) is 22.1. The second-order valence-corrected chi connectivity index (χ2v) is 5.12. The molecular weight excluding hydrogens is 308 g/mol. The first-order chi connectivity index (χ1) is 10.5. The molecule has 0 fully saturated rings. The standard InChI is InChI=1S/C15H9ClN2O4/c16-9-2-3-10-11(15(20)17-12(10)7-9)5-8-1-4-14(19)13(6-8)18(21)22/h1-7,19H,(H,17,20)/p-1/b11-5+. The van der Waals surface area contributed by atoms with E-state index in [0.717, 1.165) is 12.1 Å². The van der Waals surface area contributed by atoms with Gasteiger partial charge >= 0.3 is 0 Å². The predicted octanol–water partition coefficient (Wildman–Crippen LogP) is 2.81. The highest BCUT2D eigenvalue weighted by molar-refractivity contribution is 6.36. The number of carbonyl (C=O) groups is 1. The van der Waals surface area contributed by atoms with Crippen molar-refractivity contribution in [2.24, 2.45) is 0 Å². The molecule has 110 valence electrons. The van der Waals surface area contributed by atoms with Crippen molar-refractivity contribution < 1.29 is 14.8 Å². The summed E-state index contributed by atoms with van der Waals surface area (Å²) < 4.78 is 0. The minimum atomic E-state index is -0.743. The third kappa shape index (κ3) is 2.40. The molecule has 1 aliphatic rings. The molecule has 0 radical (unpaired) electrons. The van der Waals surface area contributed by atoms with E-state index in [1.165, 1.54) is 12.1 Å². The van der Waals surface area contributed by atoms with Gasteiger partial charge in [-0.3, -0.25) is 14.9 Å². The summed E-state index contributed by atoms with van der Waals surface area (Å²) in [5, 5.41) is 25.4. The molecule has 22 heavy (non-hydrogen) atoms. The molecule has 0 aliphatic carbocycles. The lowest BCUT2D eigenvalue weighted by molar-refractivity contribution is -0.398. The molecule has 1 N–H and O–H groups in total. The number of benzene rings is 2. The Labute approximate surface area is 129 Å². The zero-order valence-corrected chi connectivity index (χ0v) is 11.8. The van der Waals surface area contributed by atoms with Gasteiger partial charge in [-0.1, -0.05) is 29.8 Å². The van der Waals surface area contributed by atoms with Crippen LogP contribution in [0.1, 0.15) is 11.1 Å². The van der Waals surface area contributed by atoms with E-state index in [1.54, 1.807) is 18.2 Å². The Morgan fingerprint density at radius 1 is 1.18 bits per heavy atom. The number of nitro groups is 1. The Balaban J connectivity index is 2.09. The van der Waals surface area contributed by atoms with Crippen molar-refractivity contribution in [3.05, 3.63) is 62.7 Å². The van der Waals surface area contributed by atoms with Crippen molar-refractivity contribution in [2.45, 2.75) is 0 Å². The van der Waals surface area contributed by atoms with Crippen LogP contribution in [0.4, 0.5) is 11.4 Å². The van der Waals surface area contributed by atoms with Gasteiger partial charge in [-0.25, -0.2) is 0 Å². The first-order valence-corrected chi connectivity index (χ1v) is 6.62. The molecule has 0 aromatic heterocycles. The molecule has 1 heterocycles. The fourth-order valence-corrected chi connectivity index (χ4v) is 2.42. The van der Waals surface area contributed by atoms with Gasteiger partial charge in [-0.05, 0) is 29.5 Å². The van der Waals surface area contributed by atoms with Crippen LogP contribution in [-0.2, 0) is 4.79 Å². The number of rotatable bonds is 2. The van der Waals surface area contributed by atoms with Gasteiger partial charge < -0.3 is 10.4 Å². The van der Waals surface area contributed by atoms with Crippen LogP contribution >= 0.6 is 11.6 Å². The average Bonchev–Trinajstić information content (AvgIpc) is 2.76. The van der Waals surface area contributed by atoms with Crippen LogP contribution in [0.2, 0.25) is 5.02 Å². The first kappa shape index (κ1) is 14.1. The van der Waals surface area contributed by atoms with E-state index in [2.05, 4.69) is 5.32 Å². The first-order valence-electron chi connectivity index (χ1n) is 6.24. The molecular formula is C15H8ClN2O4-. The lowest BCUT2D eigenvalue weighted by atomic mass is 10.0. The number of hydrogen-bond donors (Lipinski definition) is 1. The van der Waals surface area contributed by atoms with Crippen LogP contribution in [-0.4, -0.2) is 10.8 Å². The van der Waals surface area contributed by atoms with E-state index >= 15 is 0 Å². The summed E-state index contributed by atoms with van der Waals surface area (Å²) in [6.07, 6.45) is 1.50. The molecule has 2 aromatic rings. The van der Waals surface area contributed by atoms with Crippen molar-refractivity contribution in [3.8, 4) is 5.75 Å². The number of nitro benzene ring substituents is 1. The van der Waals surface area contributed by atoms with Gasteiger partial charge in [0, 0.05) is 22.2 Å². The summed E-state index contributed by atoms with van der Waals surface area (Å²) in [5.41, 5.74) is 1.48. The van der Waals surface area contributed by atoms with Crippen molar-refractivity contribution in [1.29, 1.82) is 0 Å². The van der Waals surface area contributed by atoms with Crippen molar-refractivity contribution in [1.82, 2.24) is 0 Å². The Hall–Kier alpha value is -2.86. The van der Waals surface area contributed by atoms with Gasteiger partial charge in [0.1, 0.15) is 0 Å². The Kier molecular flexibility index (Phi) is 3.30. The van der Waals surface area contributed by atoms with Crippen LogP contribution in [0.5, 0.6) is 5.75 Å². The monoisotopic (exact) mass is 315 g/mol. The average molecular weight is 316 g/mol. The molecule has 6 nitrogen and oxygen atoms in total. The predicted molar refractivity (Wildman–Crippen MR) is 80.5 cm³/mol. The van der Waals surface area contributed by atoms with E-state index in [1.807, 2.05) is 0 Å². The third-order valence-electron chi connectivity index (χ3n) is 3.26. The third-order valence-corrected chi connectivity index (χ3v) is 3.49. The maximum Gasteiger partial charge on any atom is 0.262 e. The SMILES string of the molecule is O=C1Nc2cc(Cl)ccc2/C1=C\c1ccc([O-])c([N+](=O)[O-])c1. The number of fused-ring (bicyclic) bond motifs is 1. The Morgan fingerprint density at radius 2 is 1.95 bits per heavy atom. The lowest BCUT2D eigenvalue weighted by Gasteiger charge is -2.06. The van der Waals surface area contributed by atoms with Gasteiger partial charge in [-0.15, -0.1) is 0 Å². The van der Waals surface area contributed by atoms with Gasteiger partial charge in [0.25, 0.3) is 11.6 Å². The highest BCUT2D eigenvalue weighted by Crippen LogP contribution is 2.35. The van der Waals surface area contributed by atoms with E-state index in [4.69, 9.17) is 11.6 Å². The smallest absolute Gasteiger partial charge is 0.262 e. The summed E-state index contributed by atoms with van der Waals surface area (Å²) in [6, 6.07) is 8.66. The zero-order valence-electron chi connectivity index (χ0n) is 11.0. The lowest BCUT2D eigenvalue weighted by Crippen LogP contribution is -2.03. The van der Waals surface area contributed by atoms with Gasteiger partial charge in [0.15, 0.2) is 0 Å². The van der Waals surface area contributed by atoms with Crippen LogP contribution in [0.15, 0.2) is 36.4 Å². The molecule has 7 heteroatoms. The van der Waals surface area contributed by atoms with Gasteiger partial charge in [-0.2, -0.15) is 0 Å². The number of nitrogens with zero attached hydrogens (tertiary/aromatic N) is 1. The normalized spacial score (nSPS) is 14.8. The fourth-order valence-electron chi connectivity index (χ4n) is 2.24. The maximum absolute atomic E-state index is 12.0. The van der Waals surface area contributed by atoms with E-state index in [9.17, 15) is 20.0 Å². The number of halogens is 1. The van der Waals surface area contributed by atoms with E-state index < -0.39 is 16.4 Å². The minimum Gasteiger partial charge on any atom is -0.868 e. The molecule has 0 saturated carbocycles. The zero-order chi connectivity index (χ0) is 15.9. The second-order valence-electron chi connectivity index (χ2n) is 4.69. The van der Waals surface area contributed by atoms with Crippen molar-refractivity contribution in [3.63, 3.8) is 0 Å². The molecule has 1 aliphatic heterocycles. The maximum atomic E-state index is 12.0. The summed E-state index contributed by atoms with van der Waals surface area (Å²) in [6.45, 7) is 0. The topological polar surface area (TPSA) is 95.3 Å². The molecule has 1 amide bonds. The van der Waals surface area contributed by atoms with Crippen LogP contribution < -0.4 is 10.4 Å². The molecule has 0 unspecified atom stereocenters. The van der Waals surface area contributed by atoms with Gasteiger partial charge in [0.2, 0.25) is 0 Å². The second kappa shape index (κ2) is 5.16. The molecule has 0 bridgehead atoms. The number of hydrogen-bond acceptors (Lipinski definition) is 4. The quantitative estimate of drug-likeness (QED) is 0.523. The Bertz CT molecular complexity index is 845. The number of amides is 1. The van der Waals surface area contributed by atoms with Gasteiger partial charge in [0.05, 0.1) is 10.6 Å². The molecule has 0 saturated heterocycles. The van der Waals surface area contributed by atoms with Crippen LogP contribution in [0, 0.1) is 10.1 Å². The summed E-state index contributed by atoms with van der Waals surface area (Å²) in [7, 11) is 0. The molecule has 3 rings (SSSR count). The molecule has 2 aromatic carbocycles. The van der Waals surface area contributed by atoms with Crippen molar-refractivity contribution >= 4 is 40.5 Å². The number of nitrogens with one attached hydrogen (secondary N) is 1. The number of carbonyl (C=O) groups excluding carboxylic acids is 1. The summed E-state index contributed by atoms with van der Waals surface area (Å²) >= 11 is 5.87. The highest BCUT2D eigenvalue weighted by atomic mass is 35.5. The Morgan fingerprint density at radius 3 is 2.68 bits per heavy atom. The summed E-state index contributed by atoms with van der Waals surface area (Å²) in [5.74, 6) is -0.999. The molecule has 0 spiro atoms. The van der Waals surface area contributed by atoms with Crippen LogP contribution in [0.3, 0.4) is 0 Å². The van der Waals surface area contributed by atoms with E-state index in [0.29, 0.717) is 27.4 Å². The highest BCUT2D eigenvalue weighted by Gasteiger charge is 2.24. The van der Waals surface area contributed by atoms with Crippen molar-refractivity contribution in [2.75, 3.05) is 5.32 Å². The fraction of sp³-hybridized carbons (Fsp3) is 0.